The van der Waals surface area contributed by atoms with Gasteiger partial charge in [-0.3, -0.25) is 0 Å². The van der Waals surface area contributed by atoms with Gasteiger partial charge < -0.3 is 4.57 Å². The Bertz CT molecular complexity index is 848. The summed E-state index contributed by atoms with van der Waals surface area (Å²) < 4.78 is 2.26. The van der Waals surface area contributed by atoms with Crippen LogP contribution in [-0.4, -0.2) is 19.7 Å². The zero-order valence-corrected chi connectivity index (χ0v) is 15.5. The van der Waals surface area contributed by atoms with E-state index in [0.717, 1.165) is 28.2 Å². The quantitative estimate of drug-likeness (QED) is 0.589. The van der Waals surface area contributed by atoms with E-state index in [1.165, 1.54) is 29.8 Å². The van der Waals surface area contributed by atoms with Crippen molar-refractivity contribution in [1.29, 1.82) is 0 Å². The maximum absolute atomic E-state index is 4.81. The fourth-order valence-electron chi connectivity index (χ4n) is 2.80. The maximum Gasteiger partial charge on any atom is 0.191 e. The lowest BCUT2D eigenvalue weighted by Crippen LogP contribution is -2.02. The third-order valence-electron chi connectivity index (χ3n) is 4.28. The summed E-state index contributed by atoms with van der Waals surface area (Å²) in [6, 6.07) is 8.41. The lowest BCUT2D eigenvalue weighted by molar-refractivity contribution is 0.643. The van der Waals surface area contributed by atoms with Crippen LogP contribution in [0.3, 0.4) is 0 Å². The minimum atomic E-state index is 0.638. The number of aromatic nitrogens is 4. The van der Waals surface area contributed by atoms with Gasteiger partial charge in [-0.15, -0.1) is 21.5 Å². The van der Waals surface area contributed by atoms with Crippen LogP contribution in [0.5, 0.6) is 0 Å². The molecule has 1 aliphatic rings. The molecule has 0 saturated heterocycles. The highest BCUT2D eigenvalue weighted by Crippen LogP contribution is 2.40. The third kappa shape index (κ3) is 3.13. The standard InChI is InChI=1S/C18H20N4S2/c1-3-22-16(13-8-9-13)20-21-18(22)24-11-14-10-23-17(19-14)15-7-5-4-6-12(15)2/h4-7,10,13H,3,8-9,11H2,1-2H3. The molecular weight excluding hydrogens is 336 g/mol. The molecule has 2 heterocycles. The largest absolute Gasteiger partial charge is 0.306 e. The van der Waals surface area contributed by atoms with Crippen molar-refractivity contribution >= 4 is 23.1 Å². The van der Waals surface area contributed by atoms with Crippen molar-refractivity contribution < 1.29 is 0 Å². The van der Waals surface area contributed by atoms with Gasteiger partial charge in [-0.05, 0) is 32.3 Å². The van der Waals surface area contributed by atoms with Crippen LogP contribution in [0.15, 0.2) is 34.8 Å². The second kappa shape index (κ2) is 6.69. The normalized spacial score (nSPS) is 14.2. The van der Waals surface area contributed by atoms with Gasteiger partial charge in [0.2, 0.25) is 0 Å². The Morgan fingerprint density at radius 3 is 2.83 bits per heavy atom. The fraction of sp³-hybridized carbons (Fsp3) is 0.389. The molecule has 1 fully saturated rings. The zero-order valence-electron chi connectivity index (χ0n) is 13.9. The van der Waals surface area contributed by atoms with E-state index in [-0.39, 0.29) is 0 Å². The second-order valence-electron chi connectivity index (χ2n) is 6.11. The lowest BCUT2D eigenvalue weighted by atomic mass is 10.1. The summed E-state index contributed by atoms with van der Waals surface area (Å²) >= 11 is 3.45. The Hall–Kier alpha value is -1.66. The molecule has 1 aromatic carbocycles. The number of aryl methyl sites for hydroxylation is 1. The smallest absolute Gasteiger partial charge is 0.191 e. The highest BCUT2D eigenvalue weighted by atomic mass is 32.2. The van der Waals surface area contributed by atoms with Crippen LogP contribution in [0.4, 0.5) is 0 Å². The van der Waals surface area contributed by atoms with E-state index < -0.39 is 0 Å². The van der Waals surface area contributed by atoms with Gasteiger partial charge in [-0.25, -0.2) is 4.98 Å². The molecule has 6 heteroatoms. The van der Waals surface area contributed by atoms with Gasteiger partial charge in [-0.2, -0.15) is 0 Å². The summed E-state index contributed by atoms with van der Waals surface area (Å²) in [4.78, 5) is 4.81. The summed E-state index contributed by atoms with van der Waals surface area (Å²) in [6.45, 7) is 5.24. The molecule has 0 bridgehead atoms. The van der Waals surface area contributed by atoms with E-state index >= 15 is 0 Å². The van der Waals surface area contributed by atoms with E-state index in [0.29, 0.717) is 5.92 Å². The first-order valence-corrected chi connectivity index (χ1v) is 10.2. The minimum Gasteiger partial charge on any atom is -0.306 e. The van der Waals surface area contributed by atoms with Crippen LogP contribution in [0.2, 0.25) is 0 Å². The number of hydrogen-bond donors (Lipinski definition) is 0. The first kappa shape index (κ1) is 15.8. The van der Waals surface area contributed by atoms with Crippen molar-refractivity contribution in [2.24, 2.45) is 0 Å². The summed E-state index contributed by atoms with van der Waals surface area (Å²) in [5, 5.41) is 13.1. The Morgan fingerprint density at radius 2 is 2.08 bits per heavy atom. The Labute approximate surface area is 150 Å². The van der Waals surface area contributed by atoms with Gasteiger partial charge in [0, 0.05) is 29.2 Å². The van der Waals surface area contributed by atoms with Crippen LogP contribution in [0.1, 0.15) is 42.8 Å². The van der Waals surface area contributed by atoms with E-state index in [1.807, 2.05) is 0 Å². The summed E-state index contributed by atoms with van der Waals surface area (Å²) in [5.74, 6) is 2.64. The van der Waals surface area contributed by atoms with Crippen molar-refractivity contribution in [2.45, 2.75) is 50.1 Å². The Kier molecular flexibility index (Phi) is 4.41. The highest BCUT2D eigenvalue weighted by molar-refractivity contribution is 7.98. The van der Waals surface area contributed by atoms with Crippen molar-refractivity contribution in [2.75, 3.05) is 0 Å². The minimum absolute atomic E-state index is 0.638. The van der Waals surface area contributed by atoms with E-state index in [9.17, 15) is 0 Å². The van der Waals surface area contributed by atoms with Gasteiger partial charge in [0.15, 0.2) is 5.16 Å². The molecule has 0 spiro atoms. The molecular formula is C18H20N4S2. The van der Waals surface area contributed by atoms with Crippen molar-refractivity contribution in [1.82, 2.24) is 19.7 Å². The Balaban J connectivity index is 1.48. The molecule has 1 aliphatic carbocycles. The van der Waals surface area contributed by atoms with E-state index in [2.05, 4.69) is 58.3 Å². The first-order valence-electron chi connectivity index (χ1n) is 8.32. The molecule has 0 unspecified atom stereocenters. The van der Waals surface area contributed by atoms with Crippen molar-refractivity contribution in [3.8, 4) is 10.6 Å². The van der Waals surface area contributed by atoms with Gasteiger partial charge >= 0.3 is 0 Å². The fourth-order valence-corrected chi connectivity index (χ4v) is 4.71. The average molecular weight is 357 g/mol. The molecule has 2 aromatic heterocycles. The Morgan fingerprint density at radius 1 is 1.25 bits per heavy atom. The van der Waals surface area contributed by atoms with Crippen LogP contribution in [-0.2, 0) is 12.3 Å². The van der Waals surface area contributed by atoms with Gasteiger partial charge in [-0.1, -0.05) is 36.0 Å². The van der Waals surface area contributed by atoms with Crippen molar-refractivity contribution in [3.63, 3.8) is 0 Å². The molecule has 24 heavy (non-hydrogen) atoms. The predicted molar refractivity (Wildman–Crippen MR) is 99.5 cm³/mol. The molecule has 3 aromatic rings. The van der Waals surface area contributed by atoms with Crippen LogP contribution < -0.4 is 0 Å². The topological polar surface area (TPSA) is 43.6 Å². The molecule has 0 radical (unpaired) electrons. The van der Waals surface area contributed by atoms with E-state index in [4.69, 9.17) is 4.98 Å². The van der Waals surface area contributed by atoms with Gasteiger partial charge in [0.1, 0.15) is 10.8 Å². The molecule has 1 saturated carbocycles. The van der Waals surface area contributed by atoms with Gasteiger partial charge in [0.25, 0.3) is 0 Å². The van der Waals surface area contributed by atoms with Crippen molar-refractivity contribution in [3.05, 3.63) is 46.7 Å². The van der Waals surface area contributed by atoms with Crippen LogP contribution >= 0.6 is 23.1 Å². The molecule has 0 amide bonds. The molecule has 4 nitrogen and oxygen atoms in total. The average Bonchev–Trinajstić information content (AvgIpc) is 3.19. The molecule has 0 N–H and O–H groups in total. The zero-order chi connectivity index (χ0) is 16.5. The maximum atomic E-state index is 4.81. The highest BCUT2D eigenvalue weighted by Gasteiger charge is 2.29. The van der Waals surface area contributed by atoms with Crippen LogP contribution in [0.25, 0.3) is 10.6 Å². The number of thioether (sulfide) groups is 1. The predicted octanol–water partition coefficient (Wildman–Crippen LogP) is 4.90. The molecule has 4 rings (SSSR count). The summed E-state index contributed by atoms with van der Waals surface area (Å²) in [5.41, 5.74) is 3.61. The van der Waals surface area contributed by atoms with E-state index in [1.54, 1.807) is 23.1 Å². The number of nitrogens with zero attached hydrogens (tertiary/aromatic N) is 4. The molecule has 124 valence electrons. The number of rotatable bonds is 6. The molecule has 0 aliphatic heterocycles. The summed E-state index contributed by atoms with van der Waals surface area (Å²) in [7, 11) is 0. The number of hydrogen-bond acceptors (Lipinski definition) is 5. The lowest BCUT2D eigenvalue weighted by Gasteiger charge is -2.05. The first-order chi connectivity index (χ1) is 11.8. The second-order valence-corrected chi connectivity index (χ2v) is 7.91. The SMILES string of the molecule is CCn1c(SCc2csc(-c3ccccc3C)n2)nnc1C1CC1. The summed E-state index contributed by atoms with van der Waals surface area (Å²) in [6.07, 6.45) is 2.52. The number of thiazole rings is 1. The van der Waals surface area contributed by atoms with Crippen LogP contribution in [0, 0.1) is 6.92 Å². The number of benzene rings is 1. The third-order valence-corrected chi connectivity index (χ3v) is 6.21. The van der Waals surface area contributed by atoms with Gasteiger partial charge in [0.05, 0.1) is 5.69 Å². The molecule has 0 atom stereocenters. The monoisotopic (exact) mass is 356 g/mol.